The fraction of sp³-hybridized carbons (Fsp3) is 0.583. The molecule has 1 aliphatic carbocycles. The van der Waals surface area contributed by atoms with Crippen LogP contribution in [0.3, 0.4) is 0 Å². The van der Waals surface area contributed by atoms with Crippen LogP contribution in [0.5, 0.6) is 5.88 Å². The van der Waals surface area contributed by atoms with Crippen molar-refractivity contribution in [1.82, 2.24) is 4.98 Å². The predicted molar refractivity (Wildman–Crippen MR) is 60.1 cm³/mol. The molecule has 2 rings (SSSR count). The third kappa shape index (κ3) is 2.93. The fourth-order valence-corrected chi connectivity index (χ4v) is 2.16. The Kier molecular flexibility index (Phi) is 3.47. The summed E-state index contributed by atoms with van der Waals surface area (Å²) < 4.78 is 43.3. The van der Waals surface area contributed by atoms with Crippen LogP contribution in [0.4, 0.5) is 13.2 Å². The number of alkyl halides is 3. The number of aromatic nitrogens is 1. The Labute approximate surface area is 103 Å². The summed E-state index contributed by atoms with van der Waals surface area (Å²) in [5.74, 6) is -0.387. The van der Waals surface area contributed by atoms with Gasteiger partial charge in [-0.25, -0.2) is 4.98 Å². The van der Waals surface area contributed by atoms with Crippen molar-refractivity contribution in [3.05, 3.63) is 23.9 Å². The summed E-state index contributed by atoms with van der Waals surface area (Å²) in [4.78, 5) is 3.64. The molecule has 100 valence electrons. The number of hydrogen-bond acceptors (Lipinski definition) is 3. The van der Waals surface area contributed by atoms with E-state index < -0.39 is 17.3 Å². The summed E-state index contributed by atoms with van der Waals surface area (Å²) in [5, 5.41) is 0. The van der Waals surface area contributed by atoms with Crippen LogP contribution in [-0.2, 0) is 6.18 Å². The SMILES string of the molecule is NC1(COc2ncccc2C(F)(F)F)CCCC1. The van der Waals surface area contributed by atoms with Gasteiger partial charge in [0.15, 0.2) is 0 Å². The van der Waals surface area contributed by atoms with Crippen molar-refractivity contribution < 1.29 is 17.9 Å². The highest BCUT2D eigenvalue weighted by atomic mass is 19.4. The van der Waals surface area contributed by atoms with E-state index in [0.717, 1.165) is 31.7 Å². The second-order valence-corrected chi connectivity index (χ2v) is 4.71. The Bertz CT molecular complexity index is 414. The predicted octanol–water partition coefficient (Wildman–Crippen LogP) is 2.75. The molecule has 0 amide bonds. The van der Waals surface area contributed by atoms with Crippen molar-refractivity contribution in [3.8, 4) is 5.88 Å². The van der Waals surface area contributed by atoms with Gasteiger partial charge in [-0.15, -0.1) is 0 Å². The molecule has 0 radical (unpaired) electrons. The summed E-state index contributed by atoms with van der Waals surface area (Å²) in [5.41, 5.74) is 4.66. The number of ether oxygens (including phenoxy) is 1. The number of nitrogens with zero attached hydrogens (tertiary/aromatic N) is 1. The average Bonchev–Trinajstić information content (AvgIpc) is 2.73. The number of rotatable bonds is 3. The van der Waals surface area contributed by atoms with E-state index in [1.54, 1.807) is 0 Å². The van der Waals surface area contributed by atoms with Crippen LogP contribution in [0.2, 0.25) is 0 Å². The largest absolute Gasteiger partial charge is 0.475 e. The second kappa shape index (κ2) is 4.76. The van der Waals surface area contributed by atoms with Crippen LogP contribution in [-0.4, -0.2) is 17.1 Å². The third-order valence-electron chi connectivity index (χ3n) is 3.17. The highest BCUT2D eigenvalue weighted by molar-refractivity contribution is 5.28. The van der Waals surface area contributed by atoms with Crippen LogP contribution >= 0.6 is 0 Å². The maximum Gasteiger partial charge on any atom is 0.421 e. The van der Waals surface area contributed by atoms with E-state index in [2.05, 4.69) is 4.98 Å². The van der Waals surface area contributed by atoms with Crippen LogP contribution in [0.15, 0.2) is 18.3 Å². The number of hydrogen-bond donors (Lipinski definition) is 1. The number of halogens is 3. The van der Waals surface area contributed by atoms with E-state index in [0.29, 0.717) is 0 Å². The van der Waals surface area contributed by atoms with E-state index in [-0.39, 0.29) is 12.5 Å². The number of pyridine rings is 1. The van der Waals surface area contributed by atoms with Crippen LogP contribution in [0.25, 0.3) is 0 Å². The molecule has 1 fully saturated rings. The van der Waals surface area contributed by atoms with E-state index >= 15 is 0 Å². The Morgan fingerprint density at radius 1 is 1.33 bits per heavy atom. The minimum atomic E-state index is -4.46. The molecule has 1 aromatic heterocycles. The van der Waals surface area contributed by atoms with Crippen molar-refractivity contribution in [2.45, 2.75) is 37.4 Å². The van der Waals surface area contributed by atoms with Crippen molar-refractivity contribution in [2.24, 2.45) is 5.73 Å². The zero-order valence-corrected chi connectivity index (χ0v) is 9.83. The maximum absolute atomic E-state index is 12.7. The molecule has 0 aliphatic heterocycles. The second-order valence-electron chi connectivity index (χ2n) is 4.71. The summed E-state index contributed by atoms with van der Waals surface area (Å²) >= 11 is 0. The van der Waals surface area contributed by atoms with E-state index in [1.165, 1.54) is 12.3 Å². The van der Waals surface area contributed by atoms with Gasteiger partial charge in [0.2, 0.25) is 5.88 Å². The normalized spacial score (nSPS) is 18.9. The van der Waals surface area contributed by atoms with Crippen molar-refractivity contribution >= 4 is 0 Å². The molecule has 3 nitrogen and oxygen atoms in total. The molecule has 0 spiro atoms. The average molecular weight is 260 g/mol. The first-order chi connectivity index (χ1) is 8.41. The molecule has 1 aliphatic rings. The van der Waals surface area contributed by atoms with Crippen molar-refractivity contribution in [2.75, 3.05) is 6.61 Å². The lowest BCUT2D eigenvalue weighted by Crippen LogP contribution is -2.42. The molecule has 2 N–H and O–H groups in total. The minimum absolute atomic E-state index is 0.0765. The molecule has 6 heteroatoms. The molecule has 1 saturated carbocycles. The van der Waals surface area contributed by atoms with Gasteiger partial charge in [-0.2, -0.15) is 13.2 Å². The standard InChI is InChI=1S/C12H15F3N2O/c13-12(14,15)9-4-3-7-17-10(9)18-8-11(16)5-1-2-6-11/h3-4,7H,1-2,5-6,8,16H2. The van der Waals surface area contributed by atoms with Gasteiger partial charge in [0.05, 0.1) is 5.54 Å². The van der Waals surface area contributed by atoms with E-state index in [9.17, 15) is 13.2 Å². The third-order valence-corrected chi connectivity index (χ3v) is 3.17. The highest BCUT2D eigenvalue weighted by Crippen LogP contribution is 2.35. The van der Waals surface area contributed by atoms with Gasteiger partial charge < -0.3 is 10.5 Å². The van der Waals surface area contributed by atoms with Gasteiger partial charge in [0.1, 0.15) is 12.2 Å². The smallest absolute Gasteiger partial charge is 0.421 e. The zero-order chi connectivity index (χ0) is 13.2. The molecule has 0 aromatic carbocycles. The first-order valence-corrected chi connectivity index (χ1v) is 5.85. The Morgan fingerprint density at radius 3 is 2.61 bits per heavy atom. The van der Waals surface area contributed by atoms with Gasteiger partial charge in [0, 0.05) is 6.20 Å². The molecule has 0 unspecified atom stereocenters. The first-order valence-electron chi connectivity index (χ1n) is 5.85. The molecule has 1 heterocycles. The van der Waals surface area contributed by atoms with E-state index in [1.807, 2.05) is 0 Å². The highest BCUT2D eigenvalue weighted by Gasteiger charge is 2.36. The molecular formula is C12H15F3N2O. The van der Waals surface area contributed by atoms with Crippen LogP contribution in [0.1, 0.15) is 31.2 Å². The maximum atomic E-state index is 12.7. The summed E-state index contributed by atoms with van der Waals surface area (Å²) in [6.07, 6.45) is 0.369. The van der Waals surface area contributed by atoms with Gasteiger partial charge in [-0.3, -0.25) is 0 Å². The first kappa shape index (κ1) is 13.1. The van der Waals surface area contributed by atoms with E-state index in [4.69, 9.17) is 10.5 Å². The molecule has 0 saturated heterocycles. The molecule has 0 bridgehead atoms. The molecular weight excluding hydrogens is 245 g/mol. The fourth-order valence-electron chi connectivity index (χ4n) is 2.16. The van der Waals surface area contributed by atoms with Crippen molar-refractivity contribution in [3.63, 3.8) is 0 Å². The Hall–Kier alpha value is -1.30. The van der Waals surface area contributed by atoms with Gasteiger partial charge in [0.25, 0.3) is 0 Å². The topological polar surface area (TPSA) is 48.1 Å². The van der Waals surface area contributed by atoms with Crippen molar-refractivity contribution in [1.29, 1.82) is 0 Å². The summed E-state index contributed by atoms with van der Waals surface area (Å²) in [6.45, 7) is 0.0765. The Morgan fingerprint density at radius 2 is 2.00 bits per heavy atom. The minimum Gasteiger partial charge on any atom is -0.475 e. The molecule has 0 atom stereocenters. The lowest BCUT2D eigenvalue weighted by molar-refractivity contribution is -0.139. The molecule has 18 heavy (non-hydrogen) atoms. The van der Waals surface area contributed by atoms with Gasteiger partial charge >= 0.3 is 6.18 Å². The lowest BCUT2D eigenvalue weighted by atomic mass is 10.0. The quantitative estimate of drug-likeness (QED) is 0.909. The zero-order valence-electron chi connectivity index (χ0n) is 9.83. The number of nitrogens with two attached hydrogens (primary N) is 1. The van der Waals surface area contributed by atoms with Gasteiger partial charge in [-0.05, 0) is 25.0 Å². The van der Waals surface area contributed by atoms with Crippen LogP contribution in [0, 0.1) is 0 Å². The van der Waals surface area contributed by atoms with Gasteiger partial charge in [-0.1, -0.05) is 12.8 Å². The monoisotopic (exact) mass is 260 g/mol. The molecule has 1 aromatic rings. The summed E-state index contributed by atoms with van der Waals surface area (Å²) in [7, 11) is 0. The lowest BCUT2D eigenvalue weighted by Gasteiger charge is -2.24. The summed E-state index contributed by atoms with van der Waals surface area (Å²) in [6, 6.07) is 2.20. The Balaban J connectivity index is 2.10. The van der Waals surface area contributed by atoms with Crippen LogP contribution < -0.4 is 10.5 Å².